The van der Waals surface area contributed by atoms with Crippen molar-refractivity contribution in [3.8, 4) is 0 Å². The molecule has 2 heterocycles. The lowest BCUT2D eigenvalue weighted by molar-refractivity contribution is 0.569. The summed E-state index contributed by atoms with van der Waals surface area (Å²) in [4.78, 5) is 4.17. The van der Waals surface area contributed by atoms with Crippen molar-refractivity contribution in [1.82, 2.24) is 19.9 Å². The molecule has 0 saturated heterocycles. The molecule has 0 aliphatic carbocycles. The fourth-order valence-corrected chi connectivity index (χ4v) is 3.79. The van der Waals surface area contributed by atoms with Crippen LogP contribution in [0.4, 0.5) is 0 Å². The summed E-state index contributed by atoms with van der Waals surface area (Å²) in [5.74, 6) is 0.00569. The minimum atomic E-state index is -3.66. The molecule has 0 aliphatic heterocycles. The molecule has 0 spiro atoms. The van der Waals surface area contributed by atoms with E-state index in [1.165, 1.54) is 11.3 Å². The van der Waals surface area contributed by atoms with Crippen LogP contribution in [0.15, 0.2) is 16.6 Å². The quantitative estimate of drug-likeness (QED) is 0.726. The zero-order valence-corrected chi connectivity index (χ0v) is 12.9. The smallest absolute Gasteiger partial charge is 0.260 e. The first-order valence-corrected chi connectivity index (χ1v) is 8.45. The zero-order valence-electron chi connectivity index (χ0n) is 11.3. The molecule has 1 unspecified atom stereocenters. The van der Waals surface area contributed by atoms with Gasteiger partial charge in [0.05, 0.1) is 5.01 Å². The van der Waals surface area contributed by atoms with Gasteiger partial charge in [0.1, 0.15) is 0 Å². The van der Waals surface area contributed by atoms with Crippen molar-refractivity contribution in [1.29, 1.82) is 0 Å². The number of thiazole rings is 1. The van der Waals surface area contributed by atoms with Crippen LogP contribution in [-0.4, -0.2) is 30.1 Å². The van der Waals surface area contributed by atoms with Crippen molar-refractivity contribution in [2.24, 2.45) is 5.73 Å². The van der Waals surface area contributed by atoms with Crippen LogP contribution in [0.25, 0.3) is 0 Å². The highest BCUT2D eigenvalue weighted by molar-refractivity contribution is 7.89. The van der Waals surface area contributed by atoms with Crippen molar-refractivity contribution in [3.63, 3.8) is 0 Å². The highest BCUT2D eigenvalue weighted by Crippen LogP contribution is 2.19. The maximum atomic E-state index is 12.2. The Kier molecular flexibility index (Phi) is 4.53. The number of hydrogen-bond donors (Lipinski definition) is 3. The van der Waals surface area contributed by atoms with E-state index in [0.29, 0.717) is 11.3 Å². The standard InChI is InChI=1S/C11H17N5O2S2/c1-7(10-13-3-4-19-10)6-14-20(17,18)11-9(5-12)8(2)15-16-11/h3-4,7,14H,5-6,12H2,1-2H3,(H,15,16). The number of nitrogens with zero attached hydrogens (tertiary/aromatic N) is 2. The summed E-state index contributed by atoms with van der Waals surface area (Å²) in [6.07, 6.45) is 1.70. The minimum absolute atomic E-state index is 0.00569. The number of rotatable bonds is 6. The SMILES string of the molecule is Cc1[nH]nc(S(=O)(=O)NCC(C)c2nccs2)c1CN. The summed E-state index contributed by atoms with van der Waals surface area (Å²) < 4.78 is 27.0. The molecule has 0 aromatic carbocycles. The monoisotopic (exact) mass is 315 g/mol. The molecule has 0 aliphatic rings. The third kappa shape index (κ3) is 3.06. The number of nitrogens with one attached hydrogen (secondary N) is 2. The van der Waals surface area contributed by atoms with Gasteiger partial charge in [-0.1, -0.05) is 6.92 Å². The summed E-state index contributed by atoms with van der Waals surface area (Å²) in [6, 6.07) is 0. The van der Waals surface area contributed by atoms with E-state index in [1.807, 2.05) is 12.3 Å². The van der Waals surface area contributed by atoms with Gasteiger partial charge in [-0.05, 0) is 6.92 Å². The van der Waals surface area contributed by atoms with E-state index in [0.717, 1.165) is 5.01 Å². The van der Waals surface area contributed by atoms with E-state index in [-0.39, 0.29) is 24.0 Å². The number of H-pyrrole nitrogens is 1. The van der Waals surface area contributed by atoms with E-state index in [2.05, 4.69) is 19.9 Å². The summed E-state index contributed by atoms with van der Waals surface area (Å²) in [7, 11) is -3.66. The van der Waals surface area contributed by atoms with Crippen LogP contribution in [0.3, 0.4) is 0 Å². The number of aromatic amines is 1. The van der Waals surface area contributed by atoms with E-state index >= 15 is 0 Å². The highest BCUT2D eigenvalue weighted by atomic mass is 32.2. The van der Waals surface area contributed by atoms with Crippen LogP contribution in [-0.2, 0) is 16.6 Å². The van der Waals surface area contributed by atoms with Gasteiger partial charge < -0.3 is 5.73 Å². The molecule has 20 heavy (non-hydrogen) atoms. The van der Waals surface area contributed by atoms with Gasteiger partial charge in [0.15, 0.2) is 5.03 Å². The lowest BCUT2D eigenvalue weighted by atomic mass is 10.2. The van der Waals surface area contributed by atoms with Gasteiger partial charge in [-0.2, -0.15) is 5.10 Å². The fourth-order valence-electron chi connectivity index (χ4n) is 1.76. The lowest BCUT2D eigenvalue weighted by Crippen LogP contribution is -2.29. The van der Waals surface area contributed by atoms with Gasteiger partial charge in [0, 0.05) is 41.8 Å². The molecule has 2 aromatic rings. The van der Waals surface area contributed by atoms with E-state index < -0.39 is 10.0 Å². The average Bonchev–Trinajstić information content (AvgIpc) is 3.05. The molecule has 0 bridgehead atoms. The Bertz CT molecular complexity index is 663. The molecule has 0 saturated carbocycles. The average molecular weight is 315 g/mol. The van der Waals surface area contributed by atoms with Crippen LogP contribution in [0.5, 0.6) is 0 Å². The maximum Gasteiger partial charge on any atom is 0.260 e. The third-order valence-corrected chi connectivity index (χ3v) is 5.35. The first-order chi connectivity index (χ1) is 9.45. The molecule has 2 rings (SSSR count). The molecule has 0 radical (unpaired) electrons. The van der Waals surface area contributed by atoms with Gasteiger partial charge in [-0.15, -0.1) is 11.3 Å². The van der Waals surface area contributed by atoms with Gasteiger partial charge in [0.25, 0.3) is 10.0 Å². The normalized spacial score (nSPS) is 13.6. The predicted molar refractivity (Wildman–Crippen MR) is 76.9 cm³/mol. The van der Waals surface area contributed by atoms with Gasteiger partial charge >= 0.3 is 0 Å². The molecular formula is C11H17N5O2S2. The predicted octanol–water partition coefficient (Wildman–Crippen LogP) is 0.715. The van der Waals surface area contributed by atoms with Crippen molar-refractivity contribution in [2.45, 2.75) is 31.3 Å². The third-order valence-electron chi connectivity index (χ3n) is 2.95. The molecular weight excluding hydrogens is 298 g/mol. The summed E-state index contributed by atoms with van der Waals surface area (Å²) in [6.45, 7) is 4.06. The topological polar surface area (TPSA) is 114 Å². The zero-order chi connectivity index (χ0) is 14.8. The molecule has 4 N–H and O–H groups in total. The molecule has 0 amide bonds. The lowest BCUT2D eigenvalue weighted by Gasteiger charge is -2.10. The van der Waals surface area contributed by atoms with Gasteiger partial charge in [0.2, 0.25) is 0 Å². The van der Waals surface area contributed by atoms with Gasteiger partial charge in [-0.25, -0.2) is 18.1 Å². The summed E-state index contributed by atoms with van der Waals surface area (Å²) >= 11 is 1.50. The largest absolute Gasteiger partial charge is 0.326 e. The number of aromatic nitrogens is 3. The molecule has 110 valence electrons. The van der Waals surface area contributed by atoms with E-state index in [4.69, 9.17) is 5.73 Å². The Morgan fingerprint density at radius 2 is 2.30 bits per heavy atom. The van der Waals surface area contributed by atoms with Crippen LogP contribution in [0, 0.1) is 6.92 Å². The van der Waals surface area contributed by atoms with Crippen LogP contribution >= 0.6 is 11.3 Å². The Morgan fingerprint density at radius 1 is 1.55 bits per heavy atom. The van der Waals surface area contributed by atoms with Gasteiger partial charge in [-0.3, -0.25) is 5.10 Å². The Hall–Kier alpha value is -1.29. The fraction of sp³-hybridized carbons (Fsp3) is 0.455. The maximum absolute atomic E-state index is 12.2. The van der Waals surface area contributed by atoms with Crippen LogP contribution in [0.1, 0.15) is 29.1 Å². The number of aryl methyl sites for hydroxylation is 1. The minimum Gasteiger partial charge on any atom is -0.326 e. The van der Waals surface area contributed by atoms with Crippen molar-refractivity contribution >= 4 is 21.4 Å². The highest BCUT2D eigenvalue weighted by Gasteiger charge is 2.23. The second-order valence-corrected chi connectivity index (χ2v) is 7.07. The molecule has 1 atom stereocenters. The Morgan fingerprint density at radius 3 is 2.90 bits per heavy atom. The Balaban J connectivity index is 2.11. The molecule has 9 heteroatoms. The second-order valence-electron chi connectivity index (χ2n) is 4.46. The van der Waals surface area contributed by atoms with E-state index in [9.17, 15) is 8.42 Å². The van der Waals surface area contributed by atoms with E-state index in [1.54, 1.807) is 13.1 Å². The molecule has 7 nitrogen and oxygen atoms in total. The number of nitrogens with two attached hydrogens (primary N) is 1. The van der Waals surface area contributed by atoms with Crippen molar-refractivity contribution < 1.29 is 8.42 Å². The Labute approximate surface area is 121 Å². The first kappa shape index (κ1) is 15.1. The summed E-state index contributed by atoms with van der Waals surface area (Å²) in [5.41, 5.74) is 6.75. The number of hydrogen-bond acceptors (Lipinski definition) is 6. The van der Waals surface area contributed by atoms with Crippen LogP contribution in [0.2, 0.25) is 0 Å². The molecule has 0 fully saturated rings. The first-order valence-electron chi connectivity index (χ1n) is 6.08. The summed E-state index contributed by atoms with van der Waals surface area (Å²) in [5, 5.41) is 9.21. The van der Waals surface area contributed by atoms with Crippen molar-refractivity contribution in [2.75, 3.05) is 6.54 Å². The van der Waals surface area contributed by atoms with Crippen LogP contribution < -0.4 is 10.5 Å². The van der Waals surface area contributed by atoms with Crippen molar-refractivity contribution in [3.05, 3.63) is 27.8 Å². The molecule has 2 aromatic heterocycles. The number of sulfonamides is 1. The second kappa shape index (κ2) is 6.00.